The molecule has 0 N–H and O–H groups in total. The third-order valence-corrected chi connectivity index (χ3v) is 13.0. The van der Waals surface area contributed by atoms with Gasteiger partial charge in [0.15, 0.2) is 0 Å². The quantitative estimate of drug-likeness (QED) is 0.0327. The third kappa shape index (κ3) is 46.2. The van der Waals surface area contributed by atoms with E-state index in [4.69, 9.17) is 11.6 Å². The van der Waals surface area contributed by atoms with Gasteiger partial charge in [0, 0.05) is 4.87 Å². The number of alkyl halides is 1. The highest BCUT2D eigenvalue weighted by molar-refractivity contribution is 6.23. The molecule has 0 aliphatic carbocycles. The first-order valence-corrected chi connectivity index (χ1v) is 26.7. The van der Waals surface area contributed by atoms with Crippen LogP contribution >= 0.6 is 11.6 Å². The minimum atomic E-state index is 0.0579. The number of hydrogen-bond acceptors (Lipinski definition) is 0. The van der Waals surface area contributed by atoms with Gasteiger partial charge >= 0.3 is 0 Å². The zero-order valence-electron chi connectivity index (χ0n) is 39.2. The van der Waals surface area contributed by atoms with Crippen LogP contribution in [0.15, 0.2) is 36.5 Å². The van der Waals surface area contributed by atoms with E-state index in [1.54, 1.807) is 0 Å². The molecule has 0 aromatic carbocycles. The lowest BCUT2D eigenvalue weighted by molar-refractivity contribution is 0.395. The maximum absolute atomic E-state index is 7.51. The molecular formula is C55H105Cl. The summed E-state index contributed by atoms with van der Waals surface area (Å²) < 4.78 is 0. The fourth-order valence-corrected chi connectivity index (χ4v) is 8.84. The van der Waals surface area contributed by atoms with Gasteiger partial charge in [-0.1, -0.05) is 250 Å². The van der Waals surface area contributed by atoms with E-state index in [9.17, 15) is 0 Å². The van der Waals surface area contributed by atoms with E-state index < -0.39 is 0 Å². The van der Waals surface area contributed by atoms with Crippen LogP contribution in [0.4, 0.5) is 0 Å². The van der Waals surface area contributed by atoms with Crippen LogP contribution in [0.2, 0.25) is 0 Å². The average Bonchev–Trinajstić information content (AvgIpc) is 3.20. The second kappa shape index (κ2) is 48.9. The molecule has 0 radical (unpaired) electrons. The highest BCUT2D eigenvalue weighted by Gasteiger charge is 2.25. The molecule has 0 aliphatic rings. The zero-order chi connectivity index (χ0) is 40.6. The molecule has 332 valence electrons. The van der Waals surface area contributed by atoms with Crippen molar-refractivity contribution in [3.8, 4) is 0 Å². The lowest BCUT2D eigenvalue weighted by atomic mass is 9.88. The molecule has 0 aromatic heterocycles. The van der Waals surface area contributed by atoms with E-state index in [2.05, 4.69) is 57.2 Å². The molecule has 0 saturated carbocycles. The first-order chi connectivity index (χ1) is 27.7. The fraction of sp³-hybridized carbons (Fsp3) is 0.891. The summed E-state index contributed by atoms with van der Waals surface area (Å²) in [5.41, 5.74) is 0. The van der Waals surface area contributed by atoms with Gasteiger partial charge in [-0.05, 0) is 96.3 Å². The van der Waals surface area contributed by atoms with Crippen LogP contribution in [0.25, 0.3) is 0 Å². The predicted molar refractivity (Wildman–Crippen MR) is 261 cm³/mol. The first kappa shape index (κ1) is 55.5. The molecule has 0 heterocycles. The summed E-state index contributed by atoms with van der Waals surface area (Å²) in [7, 11) is 0. The van der Waals surface area contributed by atoms with Gasteiger partial charge in [0.1, 0.15) is 0 Å². The summed E-state index contributed by atoms with van der Waals surface area (Å²) in [6, 6.07) is 0. The van der Waals surface area contributed by atoms with Crippen LogP contribution in [-0.2, 0) is 0 Å². The fourth-order valence-electron chi connectivity index (χ4n) is 8.44. The van der Waals surface area contributed by atoms with Gasteiger partial charge in [-0.15, -0.1) is 11.6 Å². The minimum Gasteiger partial charge on any atom is -0.119 e. The van der Waals surface area contributed by atoms with Crippen molar-refractivity contribution in [3.05, 3.63) is 36.5 Å². The second-order valence-electron chi connectivity index (χ2n) is 18.2. The largest absolute Gasteiger partial charge is 0.119 e. The number of hydrogen-bond donors (Lipinski definition) is 0. The first-order valence-electron chi connectivity index (χ1n) is 26.3. The molecule has 0 bridgehead atoms. The summed E-state index contributed by atoms with van der Waals surface area (Å²) in [4.78, 5) is 0.0579. The van der Waals surface area contributed by atoms with Crippen LogP contribution in [0.3, 0.4) is 0 Å². The summed E-state index contributed by atoms with van der Waals surface area (Å²) in [5.74, 6) is 0. The van der Waals surface area contributed by atoms with Crippen molar-refractivity contribution in [3.63, 3.8) is 0 Å². The Labute approximate surface area is 361 Å². The van der Waals surface area contributed by atoms with Crippen molar-refractivity contribution < 1.29 is 0 Å². The second-order valence-corrected chi connectivity index (χ2v) is 19.0. The van der Waals surface area contributed by atoms with Crippen molar-refractivity contribution in [1.29, 1.82) is 0 Å². The van der Waals surface area contributed by atoms with Gasteiger partial charge in [-0.3, -0.25) is 0 Å². The van der Waals surface area contributed by atoms with E-state index in [1.807, 2.05) is 0 Å². The summed E-state index contributed by atoms with van der Waals surface area (Å²) in [6.07, 6.45) is 76.4. The van der Waals surface area contributed by atoms with Crippen molar-refractivity contribution in [2.45, 2.75) is 315 Å². The minimum absolute atomic E-state index is 0.0579. The number of unbranched alkanes of at least 4 members (excludes halogenated alkanes) is 36. The Morgan fingerprint density at radius 3 is 0.589 bits per heavy atom. The third-order valence-electron chi connectivity index (χ3n) is 12.4. The topological polar surface area (TPSA) is 0 Å². The van der Waals surface area contributed by atoms with Crippen LogP contribution in [0.5, 0.6) is 0 Å². The Morgan fingerprint density at radius 1 is 0.232 bits per heavy atom. The average molecular weight is 802 g/mol. The zero-order valence-corrected chi connectivity index (χ0v) is 39.9. The maximum Gasteiger partial charge on any atom is 0.0446 e. The van der Waals surface area contributed by atoms with E-state index in [1.165, 1.54) is 289 Å². The molecule has 0 spiro atoms. The highest BCUT2D eigenvalue weighted by atomic mass is 35.5. The molecule has 0 aliphatic heterocycles. The number of halogens is 1. The number of allylic oxidation sites excluding steroid dienone is 6. The molecule has 0 rings (SSSR count). The van der Waals surface area contributed by atoms with Gasteiger partial charge in [0.2, 0.25) is 0 Å². The van der Waals surface area contributed by atoms with E-state index in [0.717, 1.165) is 0 Å². The molecule has 0 aromatic rings. The van der Waals surface area contributed by atoms with Crippen molar-refractivity contribution in [2.24, 2.45) is 0 Å². The monoisotopic (exact) mass is 801 g/mol. The van der Waals surface area contributed by atoms with Crippen LogP contribution in [-0.4, -0.2) is 4.87 Å². The van der Waals surface area contributed by atoms with Crippen molar-refractivity contribution in [1.82, 2.24) is 0 Å². The molecule has 0 saturated heterocycles. The summed E-state index contributed by atoms with van der Waals surface area (Å²) in [6.45, 7) is 6.91. The van der Waals surface area contributed by atoms with E-state index in [0.29, 0.717) is 0 Å². The Bertz CT molecular complexity index is 688. The lowest BCUT2D eigenvalue weighted by Crippen LogP contribution is -2.21. The number of rotatable bonds is 48. The molecule has 0 nitrogen and oxygen atoms in total. The van der Waals surface area contributed by atoms with Crippen molar-refractivity contribution in [2.75, 3.05) is 0 Å². The van der Waals surface area contributed by atoms with Crippen LogP contribution in [0.1, 0.15) is 310 Å². The Hall–Kier alpha value is -0.490. The Kier molecular flexibility index (Phi) is 48.4. The van der Waals surface area contributed by atoms with Gasteiger partial charge in [-0.25, -0.2) is 0 Å². The molecule has 56 heavy (non-hydrogen) atoms. The molecule has 0 amide bonds. The molecular weight excluding hydrogens is 696 g/mol. The molecule has 0 unspecified atom stereocenters. The van der Waals surface area contributed by atoms with Gasteiger partial charge in [-0.2, -0.15) is 0 Å². The van der Waals surface area contributed by atoms with Crippen LogP contribution in [0, 0.1) is 0 Å². The normalized spacial score (nSPS) is 12.4. The van der Waals surface area contributed by atoms with E-state index in [-0.39, 0.29) is 4.87 Å². The molecule has 0 fully saturated rings. The molecule has 1 heteroatoms. The lowest BCUT2D eigenvalue weighted by Gasteiger charge is -2.27. The predicted octanol–water partition coefficient (Wildman–Crippen LogP) is 21.2. The van der Waals surface area contributed by atoms with E-state index >= 15 is 0 Å². The summed E-state index contributed by atoms with van der Waals surface area (Å²) in [5, 5.41) is 0. The SMILES string of the molecule is CCCCCCCC/C=C\CCCCCCCCC(Cl)(CCCCCCCC/C=C\CCCCCCCC)CCCCCCCC/C=C\CCCCCCCC. The van der Waals surface area contributed by atoms with Gasteiger partial charge < -0.3 is 0 Å². The Morgan fingerprint density at radius 2 is 0.393 bits per heavy atom. The maximum atomic E-state index is 7.51. The van der Waals surface area contributed by atoms with Gasteiger partial charge in [0.05, 0.1) is 0 Å². The van der Waals surface area contributed by atoms with Crippen LogP contribution < -0.4 is 0 Å². The van der Waals surface area contributed by atoms with Crippen molar-refractivity contribution >= 4 is 11.6 Å². The highest BCUT2D eigenvalue weighted by Crippen LogP contribution is 2.35. The Balaban J connectivity index is 4.19. The van der Waals surface area contributed by atoms with Gasteiger partial charge in [0.25, 0.3) is 0 Å². The smallest absolute Gasteiger partial charge is 0.0446 e. The molecule has 0 atom stereocenters. The summed E-state index contributed by atoms with van der Waals surface area (Å²) >= 11 is 7.51. The standard InChI is InChI=1S/C55H105Cl/c1-4-7-10-13-16-19-22-25-28-31-34-37-40-43-46-49-52-55(56,53-50-47-44-41-38-35-32-29-26-23-20-17-14-11-8-5-2)54-51-48-45-42-39-36-33-30-27-24-21-18-15-12-9-6-3/h25-30H,4-24,31-54H2,1-3H3/b28-25-,29-26-,30-27-.